The van der Waals surface area contributed by atoms with Crippen molar-refractivity contribution in [1.82, 2.24) is 0 Å². The number of methoxy groups -OCH3 is 1. The van der Waals surface area contributed by atoms with Crippen molar-refractivity contribution in [3.63, 3.8) is 0 Å². The van der Waals surface area contributed by atoms with E-state index in [9.17, 15) is 4.39 Å². The maximum absolute atomic E-state index is 14.1. The van der Waals surface area contributed by atoms with Gasteiger partial charge in [0.25, 0.3) is 0 Å². The molecule has 2 aromatic rings. The Morgan fingerprint density at radius 3 is 2.40 bits per heavy atom. The number of aryl methyl sites for hydroxylation is 2. The molecule has 0 fully saturated rings. The summed E-state index contributed by atoms with van der Waals surface area (Å²) in [5, 5.41) is 0. The summed E-state index contributed by atoms with van der Waals surface area (Å²) in [7, 11) is 1.51. The molecule has 106 valence electrons. The summed E-state index contributed by atoms with van der Waals surface area (Å²) in [6.07, 6.45) is 0. The number of benzene rings is 2. The molecule has 0 saturated carbocycles. The summed E-state index contributed by atoms with van der Waals surface area (Å²) in [5.74, 6) is 0.138. The number of rotatable bonds is 3. The second kappa shape index (κ2) is 5.94. The van der Waals surface area contributed by atoms with E-state index in [0.29, 0.717) is 11.3 Å². The van der Waals surface area contributed by atoms with E-state index in [2.05, 4.69) is 15.9 Å². The van der Waals surface area contributed by atoms with Crippen molar-refractivity contribution in [2.24, 2.45) is 5.73 Å². The van der Waals surface area contributed by atoms with Crippen molar-refractivity contribution in [2.45, 2.75) is 19.9 Å². The van der Waals surface area contributed by atoms with Gasteiger partial charge in [-0.3, -0.25) is 0 Å². The van der Waals surface area contributed by atoms with E-state index in [0.717, 1.165) is 21.2 Å². The Kier molecular flexibility index (Phi) is 4.45. The molecule has 0 heterocycles. The Morgan fingerprint density at radius 1 is 1.10 bits per heavy atom. The van der Waals surface area contributed by atoms with Crippen LogP contribution in [0.4, 0.5) is 4.39 Å². The first-order chi connectivity index (χ1) is 9.43. The zero-order valence-electron chi connectivity index (χ0n) is 11.7. The molecule has 0 amide bonds. The normalized spacial score (nSPS) is 12.3. The second-order valence-electron chi connectivity index (χ2n) is 4.82. The van der Waals surface area contributed by atoms with E-state index in [1.807, 2.05) is 26.0 Å². The highest BCUT2D eigenvalue weighted by molar-refractivity contribution is 9.10. The summed E-state index contributed by atoms with van der Waals surface area (Å²) in [6, 6.07) is 8.26. The standard InChI is InChI=1S/C16H17BrFNO/c1-9-7-14(17)10(2)6-13(9)16(19)12-5-4-11(20-3)8-15(12)18/h4-8,16H,19H2,1-3H3. The topological polar surface area (TPSA) is 35.2 Å². The first kappa shape index (κ1) is 15.0. The first-order valence-corrected chi connectivity index (χ1v) is 7.09. The van der Waals surface area contributed by atoms with Crippen molar-refractivity contribution in [2.75, 3.05) is 7.11 Å². The highest BCUT2D eigenvalue weighted by Gasteiger charge is 2.17. The molecule has 2 N–H and O–H groups in total. The minimum absolute atomic E-state index is 0.350. The average molecular weight is 338 g/mol. The third-order valence-electron chi connectivity index (χ3n) is 3.43. The van der Waals surface area contributed by atoms with Crippen molar-refractivity contribution < 1.29 is 9.13 Å². The van der Waals surface area contributed by atoms with E-state index in [4.69, 9.17) is 10.5 Å². The molecule has 0 saturated heterocycles. The lowest BCUT2D eigenvalue weighted by Crippen LogP contribution is -2.15. The van der Waals surface area contributed by atoms with Crippen LogP contribution in [0.1, 0.15) is 28.3 Å². The fourth-order valence-electron chi connectivity index (χ4n) is 2.19. The minimum atomic E-state index is -0.493. The van der Waals surface area contributed by atoms with Crippen molar-refractivity contribution in [3.8, 4) is 5.75 Å². The third-order valence-corrected chi connectivity index (χ3v) is 4.28. The smallest absolute Gasteiger partial charge is 0.132 e. The molecule has 0 aliphatic carbocycles. The predicted molar refractivity (Wildman–Crippen MR) is 82.6 cm³/mol. The molecular weight excluding hydrogens is 321 g/mol. The van der Waals surface area contributed by atoms with Gasteiger partial charge in [0.15, 0.2) is 0 Å². The van der Waals surface area contributed by atoms with E-state index in [1.165, 1.54) is 13.2 Å². The third kappa shape index (κ3) is 2.86. The lowest BCUT2D eigenvalue weighted by Gasteiger charge is -2.18. The highest BCUT2D eigenvalue weighted by atomic mass is 79.9. The van der Waals surface area contributed by atoms with Crippen molar-refractivity contribution in [3.05, 3.63) is 62.9 Å². The molecule has 0 bridgehead atoms. The molecule has 2 aromatic carbocycles. The zero-order chi connectivity index (χ0) is 14.9. The molecule has 20 heavy (non-hydrogen) atoms. The van der Waals surface area contributed by atoms with Gasteiger partial charge in [-0.1, -0.05) is 28.1 Å². The second-order valence-corrected chi connectivity index (χ2v) is 5.68. The summed E-state index contributed by atoms with van der Waals surface area (Å²) < 4.78 is 20.2. The van der Waals surface area contributed by atoms with E-state index >= 15 is 0 Å². The van der Waals surface area contributed by atoms with Gasteiger partial charge < -0.3 is 10.5 Å². The van der Waals surface area contributed by atoms with Crippen molar-refractivity contribution >= 4 is 15.9 Å². The molecule has 0 spiro atoms. The van der Waals surface area contributed by atoms with Gasteiger partial charge in [0.2, 0.25) is 0 Å². The van der Waals surface area contributed by atoms with E-state index < -0.39 is 6.04 Å². The van der Waals surface area contributed by atoms with E-state index in [1.54, 1.807) is 12.1 Å². The number of hydrogen-bond donors (Lipinski definition) is 1. The molecule has 1 atom stereocenters. The van der Waals surface area contributed by atoms with Gasteiger partial charge in [-0.2, -0.15) is 0 Å². The van der Waals surface area contributed by atoms with Crippen molar-refractivity contribution in [1.29, 1.82) is 0 Å². The van der Waals surface area contributed by atoms with Crippen LogP contribution in [-0.4, -0.2) is 7.11 Å². The van der Waals surface area contributed by atoms with Gasteiger partial charge in [0, 0.05) is 16.1 Å². The Balaban J connectivity index is 2.46. The van der Waals surface area contributed by atoms with Gasteiger partial charge in [0.1, 0.15) is 11.6 Å². The maximum Gasteiger partial charge on any atom is 0.132 e. The van der Waals surface area contributed by atoms with Crippen LogP contribution < -0.4 is 10.5 Å². The molecular formula is C16H17BrFNO. The lowest BCUT2D eigenvalue weighted by molar-refractivity contribution is 0.410. The maximum atomic E-state index is 14.1. The average Bonchev–Trinajstić information content (AvgIpc) is 2.42. The summed E-state index contributed by atoms with van der Waals surface area (Å²) in [5.41, 5.74) is 9.74. The molecule has 1 unspecified atom stereocenters. The Hall–Kier alpha value is -1.39. The van der Waals surface area contributed by atoms with Crippen LogP contribution in [0.5, 0.6) is 5.75 Å². The van der Waals surface area contributed by atoms with Gasteiger partial charge >= 0.3 is 0 Å². The van der Waals surface area contributed by atoms with Crippen LogP contribution in [-0.2, 0) is 0 Å². The van der Waals surface area contributed by atoms with Gasteiger partial charge in [-0.15, -0.1) is 0 Å². The monoisotopic (exact) mass is 337 g/mol. The number of halogens is 2. The molecule has 0 aromatic heterocycles. The van der Waals surface area contributed by atoms with Crippen LogP contribution in [0.3, 0.4) is 0 Å². The molecule has 0 aliphatic heterocycles. The predicted octanol–water partition coefficient (Wildman–Crippen LogP) is 4.26. The van der Waals surface area contributed by atoms with Crippen LogP contribution in [0.25, 0.3) is 0 Å². The van der Waals surface area contributed by atoms with Crippen LogP contribution >= 0.6 is 15.9 Å². The molecule has 2 rings (SSSR count). The summed E-state index contributed by atoms with van der Waals surface area (Å²) in [4.78, 5) is 0. The Labute approximate surface area is 126 Å². The van der Waals surface area contributed by atoms with Gasteiger partial charge in [-0.25, -0.2) is 4.39 Å². The minimum Gasteiger partial charge on any atom is -0.497 e. The van der Waals surface area contributed by atoms with Crippen LogP contribution in [0.2, 0.25) is 0 Å². The largest absolute Gasteiger partial charge is 0.497 e. The Bertz CT molecular complexity index is 643. The lowest BCUT2D eigenvalue weighted by atomic mass is 9.94. The van der Waals surface area contributed by atoms with Crippen LogP contribution in [0, 0.1) is 19.7 Å². The van der Waals surface area contributed by atoms with E-state index in [-0.39, 0.29) is 5.82 Å². The summed E-state index contributed by atoms with van der Waals surface area (Å²) in [6.45, 7) is 3.96. The number of hydrogen-bond acceptors (Lipinski definition) is 2. The zero-order valence-corrected chi connectivity index (χ0v) is 13.3. The van der Waals surface area contributed by atoms with Gasteiger partial charge in [0.05, 0.1) is 13.2 Å². The Morgan fingerprint density at radius 2 is 1.80 bits per heavy atom. The molecule has 0 aliphatic rings. The fourth-order valence-corrected chi connectivity index (χ4v) is 2.65. The first-order valence-electron chi connectivity index (χ1n) is 6.29. The molecule has 4 heteroatoms. The molecule has 0 radical (unpaired) electrons. The highest BCUT2D eigenvalue weighted by Crippen LogP contribution is 2.30. The SMILES string of the molecule is COc1ccc(C(N)c2cc(C)c(Br)cc2C)c(F)c1. The number of nitrogens with two attached hydrogens (primary N) is 1. The molecule has 2 nitrogen and oxygen atoms in total. The number of ether oxygens (including phenoxy) is 1. The fraction of sp³-hybridized carbons (Fsp3) is 0.250. The van der Waals surface area contributed by atoms with Crippen LogP contribution in [0.15, 0.2) is 34.8 Å². The van der Waals surface area contributed by atoms with Gasteiger partial charge in [-0.05, 0) is 42.7 Å². The quantitative estimate of drug-likeness (QED) is 0.907. The summed E-state index contributed by atoms with van der Waals surface area (Å²) >= 11 is 3.49.